The van der Waals surface area contributed by atoms with Gasteiger partial charge in [0, 0.05) is 31.9 Å². The van der Waals surface area contributed by atoms with Crippen LogP contribution < -0.4 is 0 Å². The molecule has 3 rings (SSSR count). The average molecular weight is 243 g/mol. The molecule has 1 saturated heterocycles. The highest BCUT2D eigenvalue weighted by atomic mass is 16.5. The fourth-order valence-electron chi connectivity index (χ4n) is 2.32. The molecule has 2 aromatic heterocycles. The normalized spacial score (nSPS) is 20.1. The van der Waals surface area contributed by atoms with Gasteiger partial charge in [-0.05, 0) is 6.42 Å². The minimum absolute atomic E-state index is 0.346. The van der Waals surface area contributed by atoms with Crippen molar-refractivity contribution in [1.29, 1.82) is 5.26 Å². The van der Waals surface area contributed by atoms with Crippen molar-refractivity contribution >= 4 is 0 Å². The van der Waals surface area contributed by atoms with Gasteiger partial charge < -0.3 is 4.52 Å². The molecule has 2 aromatic rings. The van der Waals surface area contributed by atoms with Gasteiger partial charge in [0.2, 0.25) is 0 Å². The van der Waals surface area contributed by atoms with Gasteiger partial charge in [0.15, 0.2) is 0 Å². The minimum atomic E-state index is 0.346. The molecule has 1 atom stereocenters. The smallest absolute Gasteiger partial charge is 0.124 e. The number of hydrogen-bond acceptors (Lipinski definition) is 5. The van der Waals surface area contributed by atoms with Crippen LogP contribution >= 0.6 is 0 Å². The van der Waals surface area contributed by atoms with Gasteiger partial charge in [0.1, 0.15) is 12.3 Å². The highest BCUT2D eigenvalue weighted by Gasteiger charge is 2.24. The number of nitriles is 1. The van der Waals surface area contributed by atoms with Crippen LogP contribution in [-0.2, 0) is 6.54 Å². The van der Waals surface area contributed by atoms with Gasteiger partial charge >= 0.3 is 0 Å². The largest absolute Gasteiger partial charge is 0.364 e. The second kappa shape index (κ2) is 4.63. The zero-order chi connectivity index (χ0) is 12.4. The molecule has 0 aromatic carbocycles. The summed E-state index contributed by atoms with van der Waals surface area (Å²) in [5.41, 5.74) is 1.57. The molecule has 0 amide bonds. The Morgan fingerprint density at radius 3 is 3.22 bits per heavy atom. The van der Waals surface area contributed by atoms with E-state index in [4.69, 9.17) is 9.78 Å². The van der Waals surface area contributed by atoms with Crippen LogP contribution in [0.15, 0.2) is 29.2 Å². The average Bonchev–Trinajstić information content (AvgIpc) is 3.09. The van der Waals surface area contributed by atoms with Crippen molar-refractivity contribution in [2.45, 2.75) is 19.0 Å². The molecular formula is C12H13N5O. The summed E-state index contributed by atoms with van der Waals surface area (Å²) in [7, 11) is 0. The van der Waals surface area contributed by atoms with E-state index in [1.165, 1.54) is 0 Å². The minimum Gasteiger partial charge on any atom is -0.364 e. The third-order valence-electron chi connectivity index (χ3n) is 3.23. The van der Waals surface area contributed by atoms with Crippen LogP contribution in [-0.4, -0.2) is 32.9 Å². The van der Waals surface area contributed by atoms with Gasteiger partial charge in [-0.3, -0.25) is 9.58 Å². The molecule has 3 heterocycles. The number of aromatic nitrogens is 3. The predicted octanol–water partition coefficient (Wildman–Crippen LogP) is 1.19. The monoisotopic (exact) mass is 243 g/mol. The Morgan fingerprint density at radius 2 is 2.50 bits per heavy atom. The summed E-state index contributed by atoms with van der Waals surface area (Å²) < 4.78 is 6.71. The van der Waals surface area contributed by atoms with E-state index in [0.717, 1.165) is 31.7 Å². The van der Waals surface area contributed by atoms with Gasteiger partial charge in [-0.2, -0.15) is 10.4 Å². The lowest BCUT2D eigenvalue weighted by Crippen LogP contribution is -2.21. The number of likely N-dealkylation sites (tertiary alicyclic amines) is 1. The zero-order valence-corrected chi connectivity index (χ0v) is 9.86. The molecule has 6 heteroatoms. The first kappa shape index (κ1) is 11.0. The molecule has 0 radical (unpaired) electrons. The molecule has 92 valence electrons. The Hall–Kier alpha value is -2.13. The van der Waals surface area contributed by atoms with Gasteiger partial charge in [-0.15, -0.1) is 0 Å². The van der Waals surface area contributed by atoms with E-state index in [1.807, 2.05) is 16.9 Å². The van der Waals surface area contributed by atoms with Crippen LogP contribution in [0.2, 0.25) is 0 Å². The third kappa shape index (κ3) is 2.13. The summed E-state index contributed by atoms with van der Waals surface area (Å²) in [4.78, 5) is 2.32. The van der Waals surface area contributed by atoms with Gasteiger partial charge in [-0.1, -0.05) is 5.16 Å². The highest BCUT2D eigenvalue weighted by molar-refractivity contribution is 5.22. The van der Waals surface area contributed by atoms with E-state index >= 15 is 0 Å². The topological polar surface area (TPSA) is 70.9 Å². The van der Waals surface area contributed by atoms with E-state index in [2.05, 4.69) is 21.2 Å². The van der Waals surface area contributed by atoms with Crippen molar-refractivity contribution in [2.24, 2.45) is 0 Å². The molecule has 0 saturated carbocycles. The maximum atomic E-state index is 8.78. The SMILES string of the molecule is N#Cc1cnn(C2CCN(Cc3ccon3)C2)c1. The summed E-state index contributed by atoms with van der Waals surface area (Å²) in [5, 5.41) is 16.9. The highest BCUT2D eigenvalue weighted by Crippen LogP contribution is 2.22. The van der Waals surface area contributed by atoms with Crippen molar-refractivity contribution in [1.82, 2.24) is 19.8 Å². The first-order valence-electron chi connectivity index (χ1n) is 5.91. The Balaban J connectivity index is 1.63. The molecule has 0 N–H and O–H groups in total. The lowest BCUT2D eigenvalue weighted by Gasteiger charge is -2.14. The van der Waals surface area contributed by atoms with Crippen molar-refractivity contribution < 1.29 is 4.52 Å². The lowest BCUT2D eigenvalue weighted by molar-refractivity contribution is 0.298. The fourth-order valence-corrected chi connectivity index (χ4v) is 2.32. The Kier molecular flexibility index (Phi) is 2.82. The molecule has 1 aliphatic rings. The van der Waals surface area contributed by atoms with Crippen LogP contribution in [0.5, 0.6) is 0 Å². The van der Waals surface area contributed by atoms with Crippen molar-refractivity contribution in [3.05, 3.63) is 36.0 Å². The zero-order valence-electron chi connectivity index (χ0n) is 9.86. The van der Waals surface area contributed by atoms with Crippen molar-refractivity contribution in [2.75, 3.05) is 13.1 Å². The Bertz CT molecular complexity index is 553. The van der Waals surface area contributed by atoms with Crippen LogP contribution in [0.3, 0.4) is 0 Å². The predicted molar refractivity (Wildman–Crippen MR) is 62.4 cm³/mol. The van der Waals surface area contributed by atoms with E-state index < -0.39 is 0 Å². The fraction of sp³-hybridized carbons (Fsp3) is 0.417. The molecular weight excluding hydrogens is 230 g/mol. The second-order valence-electron chi connectivity index (χ2n) is 4.49. The first-order valence-corrected chi connectivity index (χ1v) is 5.91. The van der Waals surface area contributed by atoms with E-state index in [-0.39, 0.29) is 0 Å². The third-order valence-corrected chi connectivity index (χ3v) is 3.23. The summed E-state index contributed by atoms with van der Waals surface area (Å²) in [6, 6.07) is 4.33. The molecule has 6 nitrogen and oxygen atoms in total. The van der Waals surface area contributed by atoms with Crippen molar-refractivity contribution in [3.8, 4) is 6.07 Å². The summed E-state index contributed by atoms with van der Waals surface area (Å²) in [5.74, 6) is 0. The van der Waals surface area contributed by atoms with E-state index in [0.29, 0.717) is 11.6 Å². The molecule has 0 bridgehead atoms. The summed E-state index contributed by atoms with van der Waals surface area (Å²) >= 11 is 0. The molecule has 18 heavy (non-hydrogen) atoms. The number of nitrogens with zero attached hydrogens (tertiary/aromatic N) is 5. The van der Waals surface area contributed by atoms with Crippen molar-refractivity contribution in [3.63, 3.8) is 0 Å². The quantitative estimate of drug-likeness (QED) is 0.809. The van der Waals surface area contributed by atoms with Crippen LogP contribution in [0.1, 0.15) is 23.7 Å². The number of hydrogen-bond donors (Lipinski definition) is 0. The van der Waals surface area contributed by atoms with Gasteiger partial charge in [-0.25, -0.2) is 0 Å². The number of rotatable bonds is 3. The molecule has 1 aliphatic heterocycles. The summed E-state index contributed by atoms with van der Waals surface area (Å²) in [6.45, 7) is 2.75. The maximum Gasteiger partial charge on any atom is 0.124 e. The maximum absolute atomic E-state index is 8.78. The molecule has 0 aliphatic carbocycles. The van der Waals surface area contributed by atoms with E-state index in [1.54, 1.807) is 12.5 Å². The van der Waals surface area contributed by atoms with Crippen LogP contribution in [0.25, 0.3) is 0 Å². The van der Waals surface area contributed by atoms with Gasteiger partial charge in [0.25, 0.3) is 0 Å². The van der Waals surface area contributed by atoms with E-state index in [9.17, 15) is 0 Å². The summed E-state index contributed by atoms with van der Waals surface area (Å²) in [6.07, 6.45) is 6.06. The second-order valence-corrected chi connectivity index (χ2v) is 4.49. The molecule has 1 unspecified atom stereocenters. The van der Waals surface area contributed by atoms with Crippen LogP contribution in [0.4, 0.5) is 0 Å². The standard InChI is InChI=1S/C12H13N5O/c13-5-10-6-14-17(7-10)12-1-3-16(9-12)8-11-2-4-18-15-11/h2,4,6-7,12H,1,3,8-9H2. The molecule has 1 fully saturated rings. The van der Waals surface area contributed by atoms with Crippen LogP contribution in [0, 0.1) is 11.3 Å². The lowest BCUT2D eigenvalue weighted by atomic mass is 10.3. The Labute approximate surface area is 104 Å². The Morgan fingerprint density at radius 1 is 1.56 bits per heavy atom. The molecule has 0 spiro atoms. The first-order chi connectivity index (χ1) is 8.85. The van der Waals surface area contributed by atoms with Gasteiger partial charge in [0.05, 0.1) is 23.5 Å².